The number of nitrogens with one attached hydrogen (secondary N) is 1. The molecule has 0 saturated carbocycles. The third-order valence-electron chi connectivity index (χ3n) is 2.76. The molecule has 0 aliphatic rings. The van der Waals surface area contributed by atoms with Crippen molar-refractivity contribution in [2.45, 2.75) is 39.8 Å². The Morgan fingerprint density at radius 1 is 1.32 bits per heavy atom. The number of oxazole rings is 1. The number of aromatic nitrogens is 1. The molecule has 0 atom stereocenters. The van der Waals surface area contributed by atoms with Gasteiger partial charge in [0, 0.05) is 17.6 Å². The Labute approximate surface area is 112 Å². The van der Waals surface area contributed by atoms with Crippen LogP contribution in [0.2, 0.25) is 0 Å². The molecule has 0 bridgehead atoms. The predicted molar refractivity (Wildman–Crippen MR) is 73.2 cm³/mol. The van der Waals surface area contributed by atoms with Gasteiger partial charge in [-0.25, -0.2) is 9.37 Å². The number of halogens is 1. The van der Waals surface area contributed by atoms with Crippen LogP contribution < -0.4 is 5.32 Å². The van der Waals surface area contributed by atoms with Crippen molar-refractivity contribution in [1.29, 1.82) is 0 Å². The van der Waals surface area contributed by atoms with Crippen LogP contribution in [0.25, 0.3) is 11.5 Å². The minimum atomic E-state index is -0.218. The van der Waals surface area contributed by atoms with Crippen LogP contribution in [-0.4, -0.2) is 10.5 Å². The Bertz CT molecular complexity index is 570. The molecule has 0 fully saturated rings. The maximum Gasteiger partial charge on any atom is 0.226 e. The largest absolute Gasteiger partial charge is 0.444 e. The van der Waals surface area contributed by atoms with Crippen LogP contribution in [0.1, 0.15) is 32.0 Å². The molecule has 1 aromatic carbocycles. The molecular formula is C15H19FN2O. The fourth-order valence-corrected chi connectivity index (χ4v) is 1.65. The van der Waals surface area contributed by atoms with Crippen LogP contribution in [0.15, 0.2) is 28.9 Å². The molecule has 0 spiro atoms. The number of aryl methyl sites for hydroxylation is 1. The number of hydrogen-bond acceptors (Lipinski definition) is 3. The topological polar surface area (TPSA) is 38.1 Å². The van der Waals surface area contributed by atoms with Crippen LogP contribution in [-0.2, 0) is 6.54 Å². The van der Waals surface area contributed by atoms with E-state index in [0.29, 0.717) is 18.0 Å². The number of nitrogens with zero attached hydrogens (tertiary/aromatic N) is 1. The molecular weight excluding hydrogens is 243 g/mol. The van der Waals surface area contributed by atoms with E-state index in [1.54, 1.807) is 25.3 Å². The quantitative estimate of drug-likeness (QED) is 0.917. The van der Waals surface area contributed by atoms with Gasteiger partial charge in [0.2, 0.25) is 5.89 Å². The van der Waals surface area contributed by atoms with Crippen molar-refractivity contribution in [2.24, 2.45) is 0 Å². The van der Waals surface area contributed by atoms with Gasteiger partial charge in [-0.15, -0.1) is 0 Å². The van der Waals surface area contributed by atoms with Gasteiger partial charge in [0.05, 0.1) is 5.69 Å². The van der Waals surface area contributed by atoms with Gasteiger partial charge < -0.3 is 9.73 Å². The van der Waals surface area contributed by atoms with Crippen molar-refractivity contribution in [3.63, 3.8) is 0 Å². The summed E-state index contributed by atoms with van der Waals surface area (Å²) in [6.45, 7) is 8.66. The van der Waals surface area contributed by atoms with Gasteiger partial charge in [0.15, 0.2) is 0 Å². The maximum absolute atomic E-state index is 13.2. The first kappa shape index (κ1) is 13.7. The monoisotopic (exact) mass is 262 g/mol. The minimum Gasteiger partial charge on any atom is -0.444 e. The lowest BCUT2D eigenvalue weighted by molar-refractivity contribution is 0.421. The van der Waals surface area contributed by atoms with Crippen molar-refractivity contribution in [3.05, 3.63) is 41.5 Å². The highest BCUT2D eigenvalue weighted by molar-refractivity contribution is 5.54. The second-order valence-corrected chi connectivity index (χ2v) is 5.71. The molecule has 2 aromatic rings. The van der Waals surface area contributed by atoms with Crippen molar-refractivity contribution in [3.8, 4) is 11.5 Å². The van der Waals surface area contributed by atoms with Crippen molar-refractivity contribution < 1.29 is 8.81 Å². The van der Waals surface area contributed by atoms with Gasteiger partial charge in [0.25, 0.3) is 0 Å². The van der Waals surface area contributed by atoms with Crippen molar-refractivity contribution >= 4 is 0 Å². The third-order valence-corrected chi connectivity index (χ3v) is 2.76. The summed E-state index contributed by atoms with van der Waals surface area (Å²) in [6.07, 6.45) is 1.63. The lowest BCUT2D eigenvalue weighted by Gasteiger charge is -2.19. The van der Waals surface area contributed by atoms with Gasteiger partial charge >= 0.3 is 0 Å². The highest BCUT2D eigenvalue weighted by atomic mass is 19.1. The highest BCUT2D eigenvalue weighted by Crippen LogP contribution is 2.21. The second-order valence-electron chi connectivity index (χ2n) is 5.71. The Morgan fingerprint density at radius 3 is 2.68 bits per heavy atom. The van der Waals surface area contributed by atoms with E-state index in [1.807, 2.05) is 0 Å². The van der Waals surface area contributed by atoms with Crippen LogP contribution in [0.3, 0.4) is 0 Å². The summed E-state index contributed by atoms with van der Waals surface area (Å²) in [4.78, 5) is 4.40. The van der Waals surface area contributed by atoms with Gasteiger partial charge in [-0.1, -0.05) is 0 Å². The first-order chi connectivity index (χ1) is 8.85. The van der Waals surface area contributed by atoms with Crippen molar-refractivity contribution in [1.82, 2.24) is 10.3 Å². The van der Waals surface area contributed by atoms with E-state index in [1.165, 1.54) is 6.07 Å². The van der Waals surface area contributed by atoms with E-state index in [2.05, 4.69) is 31.1 Å². The molecule has 0 radical (unpaired) electrons. The van der Waals surface area contributed by atoms with Crippen LogP contribution in [0.4, 0.5) is 4.39 Å². The number of rotatable bonds is 3. The normalized spacial score (nSPS) is 11.8. The second kappa shape index (κ2) is 5.13. The molecule has 102 valence electrons. The van der Waals surface area contributed by atoms with Gasteiger partial charge in [-0.2, -0.15) is 0 Å². The summed E-state index contributed by atoms with van der Waals surface area (Å²) in [5.74, 6) is 0.304. The zero-order valence-corrected chi connectivity index (χ0v) is 11.7. The molecule has 2 rings (SSSR count). The van der Waals surface area contributed by atoms with E-state index in [0.717, 1.165) is 11.3 Å². The highest BCUT2D eigenvalue weighted by Gasteiger charge is 2.12. The zero-order valence-electron chi connectivity index (χ0n) is 11.7. The lowest BCUT2D eigenvalue weighted by atomic mass is 10.1. The van der Waals surface area contributed by atoms with E-state index in [-0.39, 0.29) is 11.4 Å². The molecule has 0 amide bonds. The van der Waals surface area contributed by atoms with Crippen LogP contribution in [0.5, 0.6) is 0 Å². The van der Waals surface area contributed by atoms with Gasteiger partial charge in [-0.3, -0.25) is 0 Å². The van der Waals surface area contributed by atoms with E-state index in [9.17, 15) is 4.39 Å². The Balaban J connectivity index is 2.14. The number of benzene rings is 1. The SMILES string of the molecule is Cc1cc(-c2nc(CNC(C)(C)C)co2)ccc1F. The maximum atomic E-state index is 13.2. The Kier molecular flexibility index (Phi) is 3.71. The smallest absolute Gasteiger partial charge is 0.226 e. The van der Waals surface area contributed by atoms with E-state index >= 15 is 0 Å². The fourth-order valence-electron chi connectivity index (χ4n) is 1.65. The molecule has 0 aliphatic heterocycles. The summed E-state index contributed by atoms with van der Waals surface area (Å²) in [6, 6.07) is 4.85. The summed E-state index contributed by atoms with van der Waals surface area (Å²) < 4.78 is 18.6. The molecule has 4 heteroatoms. The average Bonchev–Trinajstić information content (AvgIpc) is 2.78. The van der Waals surface area contributed by atoms with E-state index in [4.69, 9.17) is 4.42 Å². The molecule has 3 nitrogen and oxygen atoms in total. The molecule has 0 aliphatic carbocycles. The molecule has 1 N–H and O–H groups in total. The fraction of sp³-hybridized carbons (Fsp3) is 0.400. The van der Waals surface area contributed by atoms with E-state index < -0.39 is 0 Å². The zero-order chi connectivity index (χ0) is 14.0. The Hall–Kier alpha value is -1.68. The van der Waals surface area contributed by atoms with Crippen molar-refractivity contribution in [2.75, 3.05) is 0 Å². The molecule has 0 saturated heterocycles. The minimum absolute atomic E-state index is 0.0333. The Morgan fingerprint density at radius 2 is 2.05 bits per heavy atom. The van der Waals surface area contributed by atoms with Crippen LogP contribution in [0, 0.1) is 12.7 Å². The standard InChI is InChI=1S/C15H19FN2O/c1-10-7-11(5-6-13(10)16)14-18-12(9-19-14)8-17-15(2,3)4/h5-7,9,17H,8H2,1-4H3. The molecule has 1 heterocycles. The average molecular weight is 262 g/mol. The molecule has 1 aromatic heterocycles. The summed E-state index contributed by atoms with van der Waals surface area (Å²) >= 11 is 0. The first-order valence-electron chi connectivity index (χ1n) is 6.31. The summed E-state index contributed by atoms with van der Waals surface area (Å²) in [5, 5.41) is 3.34. The summed E-state index contributed by atoms with van der Waals surface area (Å²) in [5.41, 5.74) is 2.25. The lowest BCUT2D eigenvalue weighted by Crippen LogP contribution is -2.35. The van der Waals surface area contributed by atoms with Gasteiger partial charge in [-0.05, 0) is 51.5 Å². The first-order valence-corrected chi connectivity index (χ1v) is 6.31. The predicted octanol–water partition coefficient (Wildman–Crippen LogP) is 3.68. The van der Waals surface area contributed by atoms with Gasteiger partial charge in [0.1, 0.15) is 12.1 Å². The molecule has 19 heavy (non-hydrogen) atoms. The molecule has 0 unspecified atom stereocenters. The summed E-state index contributed by atoms with van der Waals surface area (Å²) in [7, 11) is 0. The third kappa shape index (κ3) is 3.64. The van der Waals surface area contributed by atoms with Crippen LogP contribution >= 0.6 is 0 Å². The number of hydrogen-bond donors (Lipinski definition) is 1.